The molecular weight excluding hydrogens is 464 g/mol. The Labute approximate surface area is 187 Å². The summed E-state index contributed by atoms with van der Waals surface area (Å²) in [4.78, 5) is 37.5. The average Bonchev–Trinajstić information content (AvgIpc) is 3.25. The lowest BCUT2D eigenvalue weighted by atomic mass is 10.3. The van der Waals surface area contributed by atoms with Crippen molar-refractivity contribution in [2.24, 2.45) is 0 Å². The van der Waals surface area contributed by atoms with Crippen LogP contribution in [0.15, 0.2) is 40.1 Å². The second-order valence-corrected chi connectivity index (χ2v) is 8.74. The van der Waals surface area contributed by atoms with Crippen LogP contribution in [-0.4, -0.2) is 48.2 Å². The van der Waals surface area contributed by atoms with Gasteiger partial charge in [0.15, 0.2) is 12.5 Å². The number of benzene rings is 1. The van der Waals surface area contributed by atoms with Gasteiger partial charge in [-0.1, -0.05) is 0 Å². The molecule has 14 heteroatoms. The molecule has 1 aromatic heterocycles. The number of nitrogens with zero attached hydrogens (tertiary/aromatic N) is 1. The number of methoxy groups -OCH3 is 1. The molecule has 1 unspecified atom stereocenters. The predicted octanol–water partition coefficient (Wildman–Crippen LogP) is 1.21. The number of aryl methyl sites for hydroxylation is 1. The van der Waals surface area contributed by atoms with Crippen molar-refractivity contribution in [3.05, 3.63) is 62.7 Å². The van der Waals surface area contributed by atoms with Crippen LogP contribution in [-0.2, 0) is 28.1 Å². The van der Waals surface area contributed by atoms with E-state index in [0.29, 0.717) is 5.56 Å². The highest BCUT2D eigenvalue weighted by Crippen LogP contribution is 2.45. The van der Waals surface area contributed by atoms with Crippen molar-refractivity contribution in [1.29, 1.82) is 0 Å². The maximum Gasteiger partial charge on any atom is 0.459 e. The van der Waals surface area contributed by atoms with Crippen molar-refractivity contribution in [3.8, 4) is 5.75 Å². The Kier molecular flexibility index (Phi) is 7.82. The highest BCUT2D eigenvalue weighted by atomic mass is 31.2. The lowest BCUT2D eigenvalue weighted by Crippen LogP contribution is -2.35. The first-order chi connectivity index (χ1) is 15.6. The van der Waals surface area contributed by atoms with Gasteiger partial charge in [-0.05, 0) is 38.1 Å². The third-order valence-corrected chi connectivity index (χ3v) is 6.16. The van der Waals surface area contributed by atoms with Gasteiger partial charge in [0.2, 0.25) is 0 Å². The number of H-pyrrole nitrogens is 1. The Morgan fingerprint density at radius 1 is 1.36 bits per heavy atom. The average molecular weight is 487 g/mol. The molecule has 2 aromatic rings. The van der Waals surface area contributed by atoms with Crippen LogP contribution < -0.4 is 20.9 Å². The van der Waals surface area contributed by atoms with E-state index in [9.17, 15) is 23.3 Å². The third kappa shape index (κ3) is 6.36. The van der Waals surface area contributed by atoms with Gasteiger partial charge in [-0.2, -0.15) is 5.09 Å². The molecule has 1 aliphatic rings. The van der Waals surface area contributed by atoms with Gasteiger partial charge in [0, 0.05) is 11.8 Å². The summed E-state index contributed by atoms with van der Waals surface area (Å²) in [5.74, 6) is -1.23. The summed E-state index contributed by atoms with van der Waals surface area (Å²) in [5.41, 5.74) is -0.893. The zero-order chi connectivity index (χ0) is 24.2. The van der Waals surface area contributed by atoms with E-state index < -0.39 is 55.9 Å². The number of rotatable bonds is 9. The first-order valence-electron chi connectivity index (χ1n) is 9.74. The number of esters is 1. The van der Waals surface area contributed by atoms with Crippen molar-refractivity contribution < 1.29 is 37.0 Å². The van der Waals surface area contributed by atoms with Gasteiger partial charge in [0.05, 0.1) is 13.7 Å². The molecule has 1 aromatic carbocycles. The van der Waals surface area contributed by atoms with Gasteiger partial charge in [0.1, 0.15) is 24.2 Å². The Hall–Kier alpha value is -2.83. The minimum Gasteiger partial charge on any atom is -0.468 e. The fraction of sp³-hybridized carbons (Fsp3) is 0.421. The molecule has 1 aliphatic heterocycles. The van der Waals surface area contributed by atoms with Crippen molar-refractivity contribution >= 4 is 13.7 Å². The Bertz CT molecular complexity index is 1150. The molecule has 12 nitrogen and oxygen atoms in total. The number of halogens is 1. The fourth-order valence-electron chi connectivity index (χ4n) is 2.83. The molecule has 1 fully saturated rings. The minimum atomic E-state index is -4.20. The summed E-state index contributed by atoms with van der Waals surface area (Å²) in [5, 5.41) is 2.43. The van der Waals surface area contributed by atoms with E-state index in [1.165, 1.54) is 32.2 Å². The molecule has 0 saturated carbocycles. The summed E-state index contributed by atoms with van der Waals surface area (Å²) < 4.78 is 54.0. The van der Waals surface area contributed by atoms with E-state index in [0.717, 1.165) is 23.8 Å². The highest BCUT2D eigenvalue weighted by Gasteiger charge is 2.36. The molecule has 0 spiro atoms. The molecule has 33 heavy (non-hydrogen) atoms. The molecule has 0 bridgehead atoms. The largest absolute Gasteiger partial charge is 0.468 e. The minimum absolute atomic E-state index is 0.0192. The number of ether oxygens (including phenoxy) is 3. The van der Waals surface area contributed by atoms with Crippen LogP contribution in [0.3, 0.4) is 0 Å². The van der Waals surface area contributed by atoms with Gasteiger partial charge < -0.3 is 18.7 Å². The van der Waals surface area contributed by atoms with Gasteiger partial charge in [-0.25, -0.2) is 13.8 Å². The number of carbonyl (C=O) groups excluding carboxylic acids is 1. The summed E-state index contributed by atoms with van der Waals surface area (Å²) >= 11 is 0. The topological polar surface area (TPSA) is 147 Å². The zero-order valence-corrected chi connectivity index (χ0v) is 18.9. The van der Waals surface area contributed by atoms with E-state index in [-0.39, 0.29) is 12.4 Å². The van der Waals surface area contributed by atoms with Crippen LogP contribution in [0.1, 0.15) is 18.7 Å². The molecule has 0 radical (unpaired) electrons. The van der Waals surface area contributed by atoms with Gasteiger partial charge >= 0.3 is 19.4 Å². The number of hydrogen-bond donors (Lipinski definition) is 2. The second-order valence-electron chi connectivity index (χ2n) is 7.04. The Morgan fingerprint density at radius 3 is 2.73 bits per heavy atom. The number of aromatic amines is 1. The molecule has 180 valence electrons. The standard InChI is InChI=1S/C19H23FN3O9P/c1-11-8-23(19(26)21-17(11)24)15-9-29-16(31-15)10-30-33(27,22-12(2)18(25)28-3)32-14-6-4-13(20)5-7-14/h4-8,12,15-16H,9-10H2,1-3H3,(H,22,27)(H,21,24,26)/t12-,15-,16-,33?/m1/s1. The van der Waals surface area contributed by atoms with Crippen LogP contribution in [0.4, 0.5) is 4.39 Å². The molecule has 0 aliphatic carbocycles. The van der Waals surface area contributed by atoms with Crippen LogP contribution in [0, 0.1) is 12.7 Å². The lowest BCUT2D eigenvalue weighted by Gasteiger charge is -2.23. The van der Waals surface area contributed by atoms with E-state index >= 15 is 0 Å². The molecule has 3 rings (SSSR count). The molecule has 0 amide bonds. The van der Waals surface area contributed by atoms with E-state index in [2.05, 4.69) is 14.8 Å². The maximum absolute atomic E-state index is 13.3. The molecular formula is C19H23FN3O9P. The van der Waals surface area contributed by atoms with Crippen molar-refractivity contribution in [2.45, 2.75) is 32.4 Å². The summed E-state index contributed by atoms with van der Waals surface area (Å²) in [6.07, 6.45) is -0.573. The van der Waals surface area contributed by atoms with Crippen LogP contribution in [0.5, 0.6) is 5.75 Å². The Morgan fingerprint density at radius 2 is 2.06 bits per heavy atom. The van der Waals surface area contributed by atoms with Gasteiger partial charge in [-0.15, -0.1) is 0 Å². The fourth-order valence-corrected chi connectivity index (χ4v) is 4.30. The van der Waals surface area contributed by atoms with E-state index in [4.69, 9.17) is 18.5 Å². The van der Waals surface area contributed by atoms with Gasteiger partial charge in [0.25, 0.3) is 5.56 Å². The molecule has 4 atom stereocenters. The molecule has 2 N–H and O–H groups in total. The summed E-state index contributed by atoms with van der Waals surface area (Å²) in [6.45, 7) is 2.46. The first-order valence-corrected chi connectivity index (χ1v) is 11.3. The van der Waals surface area contributed by atoms with Crippen LogP contribution in [0.2, 0.25) is 0 Å². The van der Waals surface area contributed by atoms with Gasteiger partial charge in [-0.3, -0.25) is 23.7 Å². The second kappa shape index (κ2) is 10.4. The monoisotopic (exact) mass is 487 g/mol. The highest BCUT2D eigenvalue weighted by molar-refractivity contribution is 7.52. The molecule has 2 heterocycles. The van der Waals surface area contributed by atoms with E-state index in [1.807, 2.05) is 0 Å². The van der Waals surface area contributed by atoms with Crippen LogP contribution in [0.25, 0.3) is 0 Å². The van der Waals surface area contributed by atoms with E-state index in [1.54, 1.807) is 0 Å². The number of nitrogens with one attached hydrogen (secondary N) is 2. The van der Waals surface area contributed by atoms with Crippen LogP contribution >= 0.6 is 7.75 Å². The molecule has 1 saturated heterocycles. The number of carbonyl (C=O) groups is 1. The Balaban J connectivity index is 1.70. The number of hydrogen-bond acceptors (Lipinski definition) is 9. The quantitative estimate of drug-likeness (QED) is 0.391. The third-order valence-electron chi connectivity index (χ3n) is 4.52. The first kappa shape index (κ1) is 24.8. The maximum atomic E-state index is 13.3. The normalized spacial score (nSPS) is 20.7. The smallest absolute Gasteiger partial charge is 0.459 e. The predicted molar refractivity (Wildman–Crippen MR) is 111 cm³/mol. The SMILES string of the molecule is COC(=O)[C@@H](C)NP(=O)(OC[C@@H]1OC[C@H](n2cc(C)c(=O)[nH]c2=O)O1)Oc1ccc(F)cc1. The van der Waals surface area contributed by atoms with Crippen molar-refractivity contribution in [2.75, 3.05) is 20.3 Å². The summed E-state index contributed by atoms with van der Waals surface area (Å²) in [7, 11) is -3.04. The zero-order valence-electron chi connectivity index (χ0n) is 18.0. The lowest BCUT2D eigenvalue weighted by molar-refractivity contribution is -0.142. The summed E-state index contributed by atoms with van der Waals surface area (Å²) in [6, 6.07) is 3.60. The van der Waals surface area contributed by atoms with Crippen molar-refractivity contribution in [3.63, 3.8) is 0 Å². The van der Waals surface area contributed by atoms with Crippen molar-refractivity contribution in [1.82, 2.24) is 14.6 Å². The number of aromatic nitrogens is 2.